The Morgan fingerprint density at radius 3 is 2.62 bits per heavy atom. The van der Waals surface area contributed by atoms with Crippen LogP contribution in [0.1, 0.15) is 36.8 Å². The van der Waals surface area contributed by atoms with E-state index in [0.717, 1.165) is 37.3 Å². The molecule has 4 rings (SSSR count). The van der Waals surface area contributed by atoms with Gasteiger partial charge in [-0.3, -0.25) is 0 Å². The molecule has 1 N–H and O–H groups in total. The third-order valence-electron chi connectivity index (χ3n) is 5.13. The number of nitrogens with one attached hydrogen (secondary N) is 1. The van der Waals surface area contributed by atoms with Crippen molar-refractivity contribution in [3.8, 4) is 0 Å². The highest BCUT2D eigenvalue weighted by atomic mass is 16.2. The number of rotatable bonds is 6. The molecule has 2 fully saturated rings. The third kappa shape index (κ3) is 4.15. The Morgan fingerprint density at radius 2 is 1.88 bits per heavy atom. The van der Waals surface area contributed by atoms with Crippen molar-refractivity contribution >= 4 is 11.8 Å². The molecule has 5 nitrogen and oxygen atoms in total. The highest BCUT2D eigenvalue weighted by molar-refractivity contribution is 5.75. The average molecular weight is 350 g/mol. The lowest BCUT2D eigenvalue weighted by molar-refractivity contribution is 0.191. The van der Waals surface area contributed by atoms with Crippen LogP contribution in [0.15, 0.2) is 48.7 Å². The van der Waals surface area contributed by atoms with Gasteiger partial charge in [0.1, 0.15) is 5.82 Å². The number of urea groups is 1. The molecule has 26 heavy (non-hydrogen) atoms. The summed E-state index contributed by atoms with van der Waals surface area (Å²) in [5.74, 6) is 1.03. The average Bonchev–Trinajstić information content (AvgIpc) is 3.38. The predicted octanol–water partition coefficient (Wildman–Crippen LogP) is 3.56. The van der Waals surface area contributed by atoms with E-state index in [-0.39, 0.29) is 6.03 Å². The number of anilines is 1. The monoisotopic (exact) mass is 350 g/mol. The van der Waals surface area contributed by atoms with Gasteiger partial charge in [0.05, 0.1) is 0 Å². The van der Waals surface area contributed by atoms with Crippen LogP contribution in [0.3, 0.4) is 0 Å². The van der Waals surface area contributed by atoms with Crippen LogP contribution in [0.5, 0.6) is 0 Å². The molecule has 2 aromatic rings. The maximum absolute atomic E-state index is 12.7. The zero-order chi connectivity index (χ0) is 17.8. The molecule has 0 radical (unpaired) electrons. The molecule has 2 amide bonds. The van der Waals surface area contributed by atoms with E-state index >= 15 is 0 Å². The van der Waals surface area contributed by atoms with Crippen molar-refractivity contribution in [2.75, 3.05) is 18.0 Å². The zero-order valence-corrected chi connectivity index (χ0v) is 15.1. The van der Waals surface area contributed by atoms with Gasteiger partial charge in [-0.1, -0.05) is 30.3 Å². The second kappa shape index (κ2) is 7.77. The Hall–Kier alpha value is -2.56. The number of pyridine rings is 1. The van der Waals surface area contributed by atoms with Crippen LogP contribution in [0.4, 0.5) is 10.6 Å². The van der Waals surface area contributed by atoms with Gasteiger partial charge in [0.25, 0.3) is 0 Å². The van der Waals surface area contributed by atoms with E-state index in [1.165, 1.54) is 18.4 Å². The molecule has 0 atom stereocenters. The molecule has 2 aliphatic rings. The molecule has 0 unspecified atom stereocenters. The van der Waals surface area contributed by atoms with Gasteiger partial charge in [-0.2, -0.15) is 0 Å². The molecule has 5 heteroatoms. The minimum atomic E-state index is 0.0240. The zero-order valence-electron chi connectivity index (χ0n) is 15.1. The lowest BCUT2D eigenvalue weighted by atomic mass is 10.2. The molecule has 1 aromatic carbocycles. The lowest BCUT2D eigenvalue weighted by Gasteiger charge is -2.23. The summed E-state index contributed by atoms with van der Waals surface area (Å²) in [7, 11) is 0. The van der Waals surface area contributed by atoms with E-state index in [1.54, 1.807) is 0 Å². The molecule has 1 aromatic heterocycles. The van der Waals surface area contributed by atoms with Crippen molar-refractivity contribution < 1.29 is 4.79 Å². The van der Waals surface area contributed by atoms with Crippen LogP contribution < -0.4 is 10.2 Å². The second-order valence-electron chi connectivity index (χ2n) is 7.22. The highest BCUT2D eigenvalue weighted by Gasteiger charge is 2.32. The summed E-state index contributed by atoms with van der Waals surface area (Å²) in [6.45, 7) is 3.37. The molecule has 136 valence electrons. The molecular formula is C21H26N4O. The maximum atomic E-state index is 12.7. The van der Waals surface area contributed by atoms with Crippen LogP contribution in [0.2, 0.25) is 0 Å². The first-order valence-electron chi connectivity index (χ1n) is 9.58. The number of carbonyl (C=O) groups is 1. The van der Waals surface area contributed by atoms with Crippen molar-refractivity contribution in [1.82, 2.24) is 15.2 Å². The van der Waals surface area contributed by atoms with E-state index < -0.39 is 0 Å². The van der Waals surface area contributed by atoms with Crippen LogP contribution in [-0.2, 0) is 13.1 Å². The molecule has 0 spiro atoms. The van der Waals surface area contributed by atoms with E-state index in [0.29, 0.717) is 19.1 Å². The fraction of sp³-hybridized carbons (Fsp3) is 0.429. The molecule has 0 bridgehead atoms. The standard InChI is InChI=1S/C21H26N4O/c26-21(25(19-8-9-19)16-17-6-2-1-3-7-17)23-15-18-10-11-22-20(14-18)24-12-4-5-13-24/h1-3,6-7,10-11,14,19H,4-5,8-9,12-13,15-16H2,(H,23,26). The Kier molecular flexibility index (Phi) is 5.04. The number of amides is 2. The molecule has 1 saturated carbocycles. The van der Waals surface area contributed by atoms with Gasteiger partial charge < -0.3 is 15.1 Å². The topological polar surface area (TPSA) is 48.5 Å². The SMILES string of the molecule is O=C(NCc1ccnc(N2CCCC2)c1)N(Cc1ccccc1)C1CC1. The quantitative estimate of drug-likeness (QED) is 0.867. The summed E-state index contributed by atoms with van der Waals surface area (Å²) in [5, 5.41) is 3.10. The Morgan fingerprint density at radius 1 is 1.12 bits per heavy atom. The summed E-state index contributed by atoms with van der Waals surface area (Å²) in [4.78, 5) is 21.5. The van der Waals surface area contributed by atoms with Gasteiger partial charge in [0, 0.05) is 38.4 Å². The van der Waals surface area contributed by atoms with Gasteiger partial charge in [0.2, 0.25) is 0 Å². The normalized spacial score (nSPS) is 16.5. The number of aromatic nitrogens is 1. The van der Waals surface area contributed by atoms with Gasteiger partial charge >= 0.3 is 6.03 Å². The van der Waals surface area contributed by atoms with Crippen LogP contribution in [0.25, 0.3) is 0 Å². The minimum absolute atomic E-state index is 0.0240. The van der Waals surface area contributed by atoms with E-state index in [9.17, 15) is 4.79 Å². The van der Waals surface area contributed by atoms with Crippen molar-refractivity contribution in [1.29, 1.82) is 0 Å². The first-order valence-corrected chi connectivity index (χ1v) is 9.58. The number of hydrogen-bond acceptors (Lipinski definition) is 3. The fourth-order valence-electron chi connectivity index (χ4n) is 3.50. The van der Waals surface area contributed by atoms with Crippen molar-refractivity contribution in [2.24, 2.45) is 0 Å². The van der Waals surface area contributed by atoms with Crippen molar-refractivity contribution in [3.63, 3.8) is 0 Å². The number of nitrogens with zero attached hydrogens (tertiary/aromatic N) is 3. The second-order valence-corrected chi connectivity index (χ2v) is 7.22. The summed E-state index contributed by atoms with van der Waals surface area (Å²) >= 11 is 0. The highest BCUT2D eigenvalue weighted by Crippen LogP contribution is 2.28. The molecule has 2 heterocycles. The van der Waals surface area contributed by atoms with Gasteiger partial charge in [0.15, 0.2) is 0 Å². The van der Waals surface area contributed by atoms with Crippen molar-refractivity contribution in [3.05, 3.63) is 59.8 Å². The van der Waals surface area contributed by atoms with Crippen LogP contribution in [-0.4, -0.2) is 35.0 Å². The number of benzene rings is 1. The molecular weight excluding hydrogens is 324 g/mol. The molecule has 1 saturated heterocycles. The van der Waals surface area contributed by atoms with Gasteiger partial charge in [-0.05, 0) is 48.9 Å². The van der Waals surface area contributed by atoms with Crippen LogP contribution in [0, 0.1) is 0 Å². The summed E-state index contributed by atoms with van der Waals surface area (Å²) in [6.07, 6.45) is 6.53. The summed E-state index contributed by atoms with van der Waals surface area (Å²) in [5.41, 5.74) is 2.28. The number of hydrogen-bond donors (Lipinski definition) is 1. The van der Waals surface area contributed by atoms with Gasteiger partial charge in [-0.15, -0.1) is 0 Å². The minimum Gasteiger partial charge on any atom is -0.357 e. The van der Waals surface area contributed by atoms with E-state index in [2.05, 4.69) is 33.4 Å². The van der Waals surface area contributed by atoms with E-state index in [4.69, 9.17) is 0 Å². The number of carbonyl (C=O) groups excluding carboxylic acids is 1. The maximum Gasteiger partial charge on any atom is 0.318 e. The Labute approximate surface area is 155 Å². The third-order valence-corrected chi connectivity index (χ3v) is 5.13. The Balaban J connectivity index is 1.37. The Bertz CT molecular complexity index is 739. The summed E-state index contributed by atoms with van der Waals surface area (Å²) < 4.78 is 0. The fourth-order valence-corrected chi connectivity index (χ4v) is 3.50. The van der Waals surface area contributed by atoms with Gasteiger partial charge in [-0.25, -0.2) is 9.78 Å². The molecule has 1 aliphatic heterocycles. The largest absolute Gasteiger partial charge is 0.357 e. The van der Waals surface area contributed by atoms with Crippen LogP contribution >= 0.6 is 0 Å². The lowest BCUT2D eigenvalue weighted by Crippen LogP contribution is -2.40. The molecule has 1 aliphatic carbocycles. The summed E-state index contributed by atoms with van der Waals surface area (Å²) in [6, 6.07) is 14.7. The van der Waals surface area contributed by atoms with Crippen molar-refractivity contribution in [2.45, 2.75) is 44.8 Å². The predicted molar refractivity (Wildman–Crippen MR) is 103 cm³/mol. The van der Waals surface area contributed by atoms with E-state index in [1.807, 2.05) is 35.4 Å². The first kappa shape index (κ1) is 16.9. The first-order chi connectivity index (χ1) is 12.8. The smallest absolute Gasteiger partial charge is 0.318 e.